The summed E-state index contributed by atoms with van der Waals surface area (Å²) in [5.74, 6) is 0.829. The lowest BCUT2D eigenvalue weighted by atomic mass is 10.2. The highest BCUT2D eigenvalue weighted by molar-refractivity contribution is 7.22. The molecule has 3 heterocycles. The van der Waals surface area contributed by atoms with Crippen molar-refractivity contribution in [2.45, 2.75) is 19.5 Å². The quantitative estimate of drug-likeness (QED) is 0.492. The Labute approximate surface area is 159 Å². The van der Waals surface area contributed by atoms with Crippen LogP contribution in [-0.4, -0.2) is 38.0 Å². The number of thiophene rings is 1. The highest BCUT2D eigenvalue weighted by atomic mass is 32.1. The molecule has 7 nitrogen and oxygen atoms in total. The fourth-order valence-corrected chi connectivity index (χ4v) is 3.98. The monoisotopic (exact) mass is 381 g/mol. The number of aromatic nitrogens is 5. The molecule has 0 saturated heterocycles. The Balaban J connectivity index is 1.57. The van der Waals surface area contributed by atoms with Gasteiger partial charge in [-0.1, -0.05) is 30.3 Å². The van der Waals surface area contributed by atoms with Crippen molar-refractivity contribution < 1.29 is 4.74 Å². The third-order valence-corrected chi connectivity index (χ3v) is 5.53. The van der Waals surface area contributed by atoms with Gasteiger partial charge in [-0.2, -0.15) is 0 Å². The van der Waals surface area contributed by atoms with Gasteiger partial charge in [0.1, 0.15) is 16.9 Å². The van der Waals surface area contributed by atoms with Gasteiger partial charge in [-0.3, -0.25) is 9.36 Å². The first-order chi connectivity index (χ1) is 13.3. The molecule has 8 heteroatoms. The first-order valence-corrected chi connectivity index (χ1v) is 9.48. The lowest BCUT2D eigenvalue weighted by Gasteiger charge is -2.07. The number of hydrogen-bond acceptors (Lipinski definition) is 6. The second-order valence-corrected chi connectivity index (χ2v) is 7.17. The molecule has 0 aliphatic rings. The topological polar surface area (TPSA) is 74.8 Å². The summed E-state index contributed by atoms with van der Waals surface area (Å²) < 4.78 is 9.36. The van der Waals surface area contributed by atoms with E-state index in [0.29, 0.717) is 30.8 Å². The van der Waals surface area contributed by atoms with E-state index in [-0.39, 0.29) is 5.56 Å². The number of methoxy groups -OCH3 is 1. The number of ether oxygens (including phenoxy) is 1. The van der Waals surface area contributed by atoms with Crippen LogP contribution in [0.25, 0.3) is 20.7 Å². The summed E-state index contributed by atoms with van der Waals surface area (Å²) in [5, 5.41) is 8.10. The van der Waals surface area contributed by atoms with Gasteiger partial charge in [0.2, 0.25) is 0 Å². The second kappa shape index (κ2) is 7.81. The minimum absolute atomic E-state index is 0.0184. The molecule has 0 atom stereocenters. The average Bonchev–Trinajstić information content (AvgIpc) is 3.34. The van der Waals surface area contributed by atoms with Crippen molar-refractivity contribution in [1.29, 1.82) is 0 Å². The molecule has 27 heavy (non-hydrogen) atoms. The molecule has 4 aromatic rings. The van der Waals surface area contributed by atoms with Crippen LogP contribution in [-0.2, 0) is 24.2 Å². The van der Waals surface area contributed by atoms with E-state index >= 15 is 0 Å². The number of aryl methyl sites for hydroxylation is 2. The van der Waals surface area contributed by atoms with E-state index < -0.39 is 0 Å². The van der Waals surface area contributed by atoms with Gasteiger partial charge in [-0.15, -0.1) is 21.5 Å². The van der Waals surface area contributed by atoms with Crippen LogP contribution >= 0.6 is 11.3 Å². The van der Waals surface area contributed by atoms with Gasteiger partial charge in [-0.05, 0) is 11.6 Å². The summed E-state index contributed by atoms with van der Waals surface area (Å²) in [5.41, 5.74) is 1.82. The molecule has 0 N–H and O–H groups in total. The molecule has 0 amide bonds. The van der Waals surface area contributed by atoms with E-state index in [1.807, 2.05) is 41.0 Å². The smallest absolute Gasteiger partial charge is 0.271 e. The van der Waals surface area contributed by atoms with E-state index in [4.69, 9.17) is 4.74 Å². The lowest BCUT2D eigenvalue weighted by molar-refractivity contribution is 0.186. The number of hydrogen-bond donors (Lipinski definition) is 0. The van der Waals surface area contributed by atoms with Crippen molar-refractivity contribution in [3.8, 4) is 10.4 Å². The Morgan fingerprint density at radius 1 is 1.11 bits per heavy atom. The molecule has 0 fully saturated rings. The van der Waals surface area contributed by atoms with Crippen LogP contribution in [0.2, 0.25) is 0 Å². The summed E-state index contributed by atoms with van der Waals surface area (Å²) in [4.78, 5) is 18.4. The Bertz CT molecular complexity index is 1100. The van der Waals surface area contributed by atoms with Crippen LogP contribution < -0.4 is 5.56 Å². The highest BCUT2D eigenvalue weighted by Gasteiger charge is 2.11. The zero-order valence-electron chi connectivity index (χ0n) is 14.9. The first-order valence-electron chi connectivity index (χ1n) is 8.66. The van der Waals surface area contributed by atoms with Gasteiger partial charge >= 0.3 is 0 Å². The molecule has 0 spiro atoms. The summed E-state index contributed by atoms with van der Waals surface area (Å²) in [6.07, 6.45) is 3.90. The van der Waals surface area contributed by atoms with Gasteiger partial charge in [0, 0.05) is 31.5 Å². The summed E-state index contributed by atoms with van der Waals surface area (Å²) in [7, 11) is 1.66. The number of rotatable bonds is 7. The normalized spacial score (nSPS) is 11.3. The van der Waals surface area contributed by atoms with Crippen LogP contribution in [0.15, 0.2) is 53.8 Å². The Morgan fingerprint density at radius 2 is 1.96 bits per heavy atom. The molecular weight excluding hydrogens is 362 g/mol. The summed E-state index contributed by atoms with van der Waals surface area (Å²) >= 11 is 1.48. The molecule has 0 aliphatic carbocycles. The lowest BCUT2D eigenvalue weighted by Crippen LogP contribution is -2.21. The van der Waals surface area contributed by atoms with Crippen LogP contribution in [0, 0.1) is 0 Å². The molecule has 0 aliphatic heterocycles. The zero-order valence-corrected chi connectivity index (χ0v) is 15.7. The fourth-order valence-electron chi connectivity index (χ4n) is 2.92. The summed E-state index contributed by atoms with van der Waals surface area (Å²) in [6.45, 7) is 1.79. The number of nitrogens with zero attached hydrogens (tertiary/aromatic N) is 5. The fraction of sp³-hybridized carbons (Fsp3) is 0.263. The van der Waals surface area contributed by atoms with Gasteiger partial charge in [0.15, 0.2) is 0 Å². The van der Waals surface area contributed by atoms with E-state index in [0.717, 1.165) is 21.8 Å². The van der Waals surface area contributed by atoms with Crippen LogP contribution in [0.1, 0.15) is 5.82 Å². The predicted molar refractivity (Wildman–Crippen MR) is 105 cm³/mol. The van der Waals surface area contributed by atoms with Gasteiger partial charge < -0.3 is 9.30 Å². The average molecular weight is 381 g/mol. The molecular formula is C19H19N5O2S. The molecule has 0 saturated carbocycles. The van der Waals surface area contributed by atoms with Crippen molar-refractivity contribution in [2.24, 2.45) is 0 Å². The van der Waals surface area contributed by atoms with Gasteiger partial charge in [0.25, 0.3) is 5.56 Å². The summed E-state index contributed by atoms with van der Waals surface area (Å²) in [6, 6.07) is 12.0. The standard InChI is InChI=1S/C19H19N5O2S/c1-26-10-9-23-13-21-22-17(23)7-8-24-12-20-15-11-16(27-18(15)19(24)25)14-5-3-2-4-6-14/h2-6,11-13H,7-10H2,1H3. The minimum atomic E-state index is -0.0184. The molecule has 3 aromatic heterocycles. The van der Waals surface area contributed by atoms with Crippen molar-refractivity contribution in [2.75, 3.05) is 13.7 Å². The molecule has 4 rings (SSSR count). The van der Waals surface area contributed by atoms with Crippen LogP contribution in [0.5, 0.6) is 0 Å². The number of fused-ring (bicyclic) bond motifs is 1. The molecule has 138 valence electrons. The van der Waals surface area contributed by atoms with Crippen molar-refractivity contribution in [3.63, 3.8) is 0 Å². The maximum Gasteiger partial charge on any atom is 0.271 e. The van der Waals surface area contributed by atoms with E-state index in [9.17, 15) is 4.79 Å². The molecule has 1 aromatic carbocycles. The van der Waals surface area contributed by atoms with Crippen molar-refractivity contribution in [1.82, 2.24) is 24.3 Å². The molecule has 0 bridgehead atoms. The third-order valence-electron chi connectivity index (χ3n) is 4.37. The Hall–Kier alpha value is -2.84. The van der Waals surface area contributed by atoms with Gasteiger partial charge in [-0.25, -0.2) is 4.98 Å². The molecule has 0 radical (unpaired) electrons. The molecule has 0 unspecified atom stereocenters. The zero-order chi connectivity index (χ0) is 18.6. The van der Waals surface area contributed by atoms with Crippen LogP contribution in [0.3, 0.4) is 0 Å². The van der Waals surface area contributed by atoms with Crippen molar-refractivity contribution >= 4 is 21.6 Å². The predicted octanol–water partition coefficient (Wildman–Crippen LogP) is 2.61. The largest absolute Gasteiger partial charge is 0.383 e. The SMILES string of the molecule is COCCn1cnnc1CCn1cnc2cc(-c3ccccc3)sc2c1=O. The minimum Gasteiger partial charge on any atom is -0.383 e. The first kappa shape index (κ1) is 17.6. The van der Waals surface area contributed by atoms with E-state index in [2.05, 4.69) is 15.2 Å². The third kappa shape index (κ3) is 3.67. The Morgan fingerprint density at radius 3 is 2.78 bits per heavy atom. The highest BCUT2D eigenvalue weighted by Crippen LogP contribution is 2.30. The van der Waals surface area contributed by atoms with Crippen LogP contribution in [0.4, 0.5) is 0 Å². The van der Waals surface area contributed by atoms with E-state index in [1.165, 1.54) is 11.3 Å². The maximum atomic E-state index is 12.9. The van der Waals surface area contributed by atoms with Gasteiger partial charge in [0.05, 0.1) is 18.5 Å². The van der Waals surface area contributed by atoms with E-state index in [1.54, 1.807) is 24.3 Å². The maximum absolute atomic E-state index is 12.9. The number of benzene rings is 1. The van der Waals surface area contributed by atoms with Crippen molar-refractivity contribution in [3.05, 3.63) is 65.2 Å². The second-order valence-electron chi connectivity index (χ2n) is 6.12. The Kier molecular flexibility index (Phi) is 5.08.